The van der Waals surface area contributed by atoms with Gasteiger partial charge in [-0.25, -0.2) is 4.79 Å². The van der Waals surface area contributed by atoms with E-state index in [0.29, 0.717) is 31.6 Å². The SMILES string of the molecule is CSCC[C@H](NC(=O)C(CCCN)CSN=O)C(=O)O. The Labute approximate surface area is 126 Å². The second-order valence-corrected chi connectivity index (χ2v) is 5.91. The molecule has 4 N–H and O–H groups in total. The van der Waals surface area contributed by atoms with E-state index < -0.39 is 17.9 Å². The first-order chi connectivity index (χ1) is 9.56. The van der Waals surface area contributed by atoms with Gasteiger partial charge in [-0.05, 0) is 37.8 Å². The number of amides is 1. The van der Waals surface area contributed by atoms with E-state index in [9.17, 15) is 14.5 Å². The van der Waals surface area contributed by atoms with Crippen LogP contribution in [0.15, 0.2) is 4.58 Å². The molecule has 20 heavy (non-hydrogen) atoms. The predicted molar refractivity (Wildman–Crippen MR) is 82.6 cm³/mol. The van der Waals surface area contributed by atoms with Crippen LogP contribution in [-0.2, 0) is 9.59 Å². The molecule has 0 aromatic heterocycles. The smallest absolute Gasteiger partial charge is 0.326 e. The lowest BCUT2D eigenvalue weighted by atomic mass is 10.0. The summed E-state index contributed by atoms with van der Waals surface area (Å²) in [5, 5.41) is 11.6. The van der Waals surface area contributed by atoms with Crippen molar-refractivity contribution in [1.29, 1.82) is 0 Å². The highest BCUT2D eigenvalue weighted by Crippen LogP contribution is 2.15. The molecule has 0 heterocycles. The van der Waals surface area contributed by atoms with Crippen LogP contribution in [0.3, 0.4) is 0 Å². The van der Waals surface area contributed by atoms with Crippen molar-refractivity contribution >= 4 is 35.6 Å². The van der Waals surface area contributed by atoms with Gasteiger partial charge in [-0.1, -0.05) is 0 Å². The molecular weight excluding hydrogens is 302 g/mol. The highest BCUT2D eigenvalue weighted by atomic mass is 32.2. The standard InChI is InChI=1S/C11H21N3O4S2/c1-19-6-4-9(11(16)17)13-10(15)8(3-2-5-12)7-20-14-18/h8-9H,2-7,12H2,1H3,(H,13,15)(H,16,17)/t8?,9-/m0/s1. The maximum absolute atomic E-state index is 12.1. The molecule has 0 saturated heterocycles. The molecule has 0 aromatic rings. The van der Waals surface area contributed by atoms with E-state index in [1.165, 1.54) is 11.8 Å². The Balaban J connectivity index is 4.50. The van der Waals surface area contributed by atoms with Gasteiger partial charge >= 0.3 is 5.97 Å². The first kappa shape index (κ1) is 19.2. The van der Waals surface area contributed by atoms with E-state index in [2.05, 4.69) is 9.90 Å². The molecule has 0 saturated carbocycles. The van der Waals surface area contributed by atoms with Crippen molar-refractivity contribution in [3.8, 4) is 0 Å². The van der Waals surface area contributed by atoms with Crippen molar-refractivity contribution in [1.82, 2.24) is 5.32 Å². The van der Waals surface area contributed by atoms with Crippen LogP contribution in [0.4, 0.5) is 0 Å². The van der Waals surface area contributed by atoms with Crippen LogP contribution in [0.2, 0.25) is 0 Å². The Kier molecular flexibility index (Phi) is 11.5. The first-order valence-electron chi connectivity index (χ1n) is 6.23. The molecule has 1 amide bonds. The number of carbonyl (C=O) groups is 2. The minimum Gasteiger partial charge on any atom is -0.480 e. The largest absolute Gasteiger partial charge is 0.480 e. The highest BCUT2D eigenvalue weighted by molar-refractivity contribution is 7.98. The fraction of sp³-hybridized carbons (Fsp3) is 0.818. The molecular formula is C11H21N3O4S2. The van der Waals surface area contributed by atoms with Crippen molar-refractivity contribution in [3.05, 3.63) is 4.91 Å². The molecule has 0 aliphatic rings. The van der Waals surface area contributed by atoms with E-state index in [1.807, 2.05) is 6.26 Å². The van der Waals surface area contributed by atoms with Crippen LogP contribution in [0.1, 0.15) is 19.3 Å². The van der Waals surface area contributed by atoms with Gasteiger partial charge in [0.1, 0.15) is 6.04 Å². The zero-order chi connectivity index (χ0) is 15.4. The van der Waals surface area contributed by atoms with Gasteiger partial charge in [-0.3, -0.25) is 4.79 Å². The number of thioether (sulfide) groups is 1. The topological polar surface area (TPSA) is 122 Å². The molecule has 7 nitrogen and oxygen atoms in total. The molecule has 1 unspecified atom stereocenters. The number of hydrogen-bond donors (Lipinski definition) is 3. The molecule has 0 aliphatic heterocycles. The fourth-order valence-corrected chi connectivity index (χ4v) is 2.59. The van der Waals surface area contributed by atoms with Crippen molar-refractivity contribution in [3.63, 3.8) is 0 Å². The molecule has 2 atom stereocenters. The predicted octanol–water partition coefficient (Wildman–Crippen LogP) is 1.08. The van der Waals surface area contributed by atoms with Crippen LogP contribution in [-0.4, -0.2) is 47.3 Å². The number of carboxylic acids is 1. The number of rotatable bonds is 12. The van der Waals surface area contributed by atoms with Gasteiger partial charge in [0.05, 0.1) is 0 Å². The van der Waals surface area contributed by atoms with Gasteiger partial charge in [0.2, 0.25) is 5.91 Å². The molecule has 116 valence electrons. The minimum absolute atomic E-state index is 0.240. The van der Waals surface area contributed by atoms with Crippen LogP contribution in [0, 0.1) is 10.8 Å². The third kappa shape index (κ3) is 8.39. The van der Waals surface area contributed by atoms with E-state index in [4.69, 9.17) is 10.8 Å². The molecule has 0 spiro atoms. The quantitative estimate of drug-likeness (QED) is 0.363. The van der Waals surface area contributed by atoms with Crippen molar-refractivity contribution in [2.24, 2.45) is 16.2 Å². The zero-order valence-corrected chi connectivity index (χ0v) is 13.0. The number of carbonyl (C=O) groups excluding carboxylic acids is 1. The summed E-state index contributed by atoms with van der Waals surface area (Å²) in [7, 11) is 0. The van der Waals surface area contributed by atoms with Gasteiger partial charge in [-0.2, -0.15) is 11.8 Å². The summed E-state index contributed by atoms with van der Waals surface area (Å²) in [5.74, 6) is -0.967. The van der Waals surface area contributed by atoms with Gasteiger partial charge in [0.15, 0.2) is 0 Å². The molecule has 0 radical (unpaired) electrons. The molecule has 0 aromatic carbocycles. The number of nitroso groups, excluding NO2 is 1. The Morgan fingerprint density at radius 3 is 2.60 bits per heavy atom. The summed E-state index contributed by atoms with van der Waals surface area (Å²) >= 11 is 2.28. The monoisotopic (exact) mass is 323 g/mol. The van der Waals surface area contributed by atoms with Crippen LogP contribution >= 0.6 is 23.7 Å². The van der Waals surface area contributed by atoms with Gasteiger partial charge in [0, 0.05) is 28.2 Å². The Hall–Kier alpha value is -0.800. The summed E-state index contributed by atoms with van der Waals surface area (Å²) in [4.78, 5) is 33.3. The van der Waals surface area contributed by atoms with Crippen LogP contribution in [0.25, 0.3) is 0 Å². The van der Waals surface area contributed by atoms with Gasteiger partial charge in [-0.15, -0.1) is 4.91 Å². The number of hydrogen-bond acceptors (Lipinski definition) is 7. The maximum atomic E-state index is 12.1. The molecule has 0 fully saturated rings. The van der Waals surface area contributed by atoms with E-state index >= 15 is 0 Å². The van der Waals surface area contributed by atoms with Gasteiger partial charge in [0.25, 0.3) is 0 Å². The summed E-state index contributed by atoms with van der Waals surface area (Å²) in [5.41, 5.74) is 5.40. The molecule has 0 aliphatic carbocycles. The number of nitrogens with one attached hydrogen (secondary N) is 1. The maximum Gasteiger partial charge on any atom is 0.326 e. The van der Waals surface area contributed by atoms with E-state index in [0.717, 1.165) is 11.9 Å². The minimum atomic E-state index is -1.05. The fourth-order valence-electron chi connectivity index (χ4n) is 1.56. The average Bonchev–Trinajstić information content (AvgIpc) is 2.43. The summed E-state index contributed by atoms with van der Waals surface area (Å²) < 4.78 is 2.67. The Morgan fingerprint density at radius 1 is 1.40 bits per heavy atom. The number of nitrogens with two attached hydrogens (primary N) is 1. The lowest BCUT2D eigenvalue weighted by Gasteiger charge is -2.19. The average molecular weight is 323 g/mol. The third-order valence-corrected chi connectivity index (χ3v) is 3.98. The van der Waals surface area contributed by atoms with E-state index in [1.54, 1.807) is 0 Å². The normalized spacial score (nSPS) is 13.5. The summed E-state index contributed by atoms with van der Waals surface area (Å²) in [6.07, 6.45) is 3.39. The lowest BCUT2D eigenvalue weighted by molar-refractivity contribution is -0.142. The molecule has 9 heteroatoms. The molecule has 0 bridgehead atoms. The van der Waals surface area contributed by atoms with Crippen molar-refractivity contribution in [2.45, 2.75) is 25.3 Å². The first-order valence-corrected chi connectivity index (χ1v) is 8.57. The molecule has 0 rings (SSSR count). The number of carboxylic acid groups (broad SMARTS) is 1. The van der Waals surface area contributed by atoms with Gasteiger partial charge < -0.3 is 16.2 Å². The Bertz CT molecular complexity index is 318. The Morgan fingerprint density at radius 2 is 2.10 bits per heavy atom. The van der Waals surface area contributed by atoms with Crippen molar-refractivity contribution < 1.29 is 14.7 Å². The zero-order valence-electron chi connectivity index (χ0n) is 11.4. The lowest BCUT2D eigenvalue weighted by Crippen LogP contribution is -2.44. The number of aliphatic carboxylic acids is 1. The second kappa shape index (κ2) is 12.0. The van der Waals surface area contributed by atoms with E-state index in [-0.39, 0.29) is 11.7 Å². The van der Waals surface area contributed by atoms with Crippen LogP contribution < -0.4 is 11.1 Å². The summed E-state index contributed by atoms with van der Waals surface area (Å²) in [6, 6.07) is -0.899. The summed E-state index contributed by atoms with van der Waals surface area (Å²) in [6.45, 7) is 0.442. The third-order valence-electron chi connectivity index (χ3n) is 2.68. The van der Waals surface area contributed by atoms with Crippen LogP contribution in [0.5, 0.6) is 0 Å². The number of nitrogens with zero attached hydrogens (tertiary/aromatic N) is 1. The second-order valence-electron chi connectivity index (χ2n) is 4.18. The highest BCUT2D eigenvalue weighted by Gasteiger charge is 2.24. The van der Waals surface area contributed by atoms with Crippen molar-refractivity contribution in [2.75, 3.05) is 24.3 Å².